The van der Waals surface area contributed by atoms with Gasteiger partial charge in [0.05, 0.1) is 10.7 Å². The molecule has 0 bridgehead atoms. The van der Waals surface area contributed by atoms with E-state index in [0.29, 0.717) is 4.47 Å². The first-order valence-corrected chi connectivity index (χ1v) is 5.65. The van der Waals surface area contributed by atoms with Crippen molar-refractivity contribution in [3.8, 4) is 0 Å². The lowest BCUT2D eigenvalue weighted by Crippen LogP contribution is -2.42. The molecule has 0 aliphatic heterocycles. The molecule has 5 nitrogen and oxygen atoms in total. The third-order valence-electron chi connectivity index (χ3n) is 2.47. The Hall–Kier alpha value is -1.30. The SMILES string of the molecule is O=C(NC(C(=O)O)C1CC1)c1occc1Br. The zero-order valence-electron chi connectivity index (χ0n) is 8.27. The van der Waals surface area contributed by atoms with E-state index in [1.807, 2.05) is 0 Å². The summed E-state index contributed by atoms with van der Waals surface area (Å²) in [6, 6.07) is 0.770. The van der Waals surface area contributed by atoms with Gasteiger partial charge >= 0.3 is 5.97 Å². The molecule has 0 radical (unpaired) electrons. The van der Waals surface area contributed by atoms with Gasteiger partial charge in [-0.25, -0.2) is 4.79 Å². The van der Waals surface area contributed by atoms with Gasteiger partial charge in [-0.1, -0.05) is 0 Å². The fourth-order valence-electron chi connectivity index (χ4n) is 1.47. The second-order valence-electron chi connectivity index (χ2n) is 3.72. The molecule has 0 aromatic carbocycles. The number of carboxylic acids is 1. The monoisotopic (exact) mass is 287 g/mol. The van der Waals surface area contributed by atoms with Crippen molar-refractivity contribution in [3.63, 3.8) is 0 Å². The van der Waals surface area contributed by atoms with Crippen molar-refractivity contribution in [2.75, 3.05) is 0 Å². The second kappa shape index (κ2) is 4.29. The van der Waals surface area contributed by atoms with Crippen LogP contribution in [0.15, 0.2) is 21.2 Å². The highest BCUT2D eigenvalue weighted by molar-refractivity contribution is 9.10. The van der Waals surface area contributed by atoms with Crippen LogP contribution < -0.4 is 5.32 Å². The number of carbonyl (C=O) groups excluding carboxylic acids is 1. The Bertz CT molecular complexity index is 424. The maximum absolute atomic E-state index is 11.7. The van der Waals surface area contributed by atoms with Gasteiger partial charge in [-0.3, -0.25) is 4.79 Å². The number of furan rings is 1. The van der Waals surface area contributed by atoms with Crippen LogP contribution in [0.25, 0.3) is 0 Å². The molecular formula is C10H10BrNO4. The molecule has 6 heteroatoms. The number of halogens is 1. The normalized spacial score (nSPS) is 16.8. The number of rotatable bonds is 4. The molecule has 0 saturated heterocycles. The van der Waals surface area contributed by atoms with Crippen LogP contribution in [0.3, 0.4) is 0 Å². The molecule has 1 aromatic rings. The van der Waals surface area contributed by atoms with Crippen molar-refractivity contribution < 1.29 is 19.1 Å². The third kappa shape index (κ3) is 2.27. The van der Waals surface area contributed by atoms with Crippen LogP contribution in [0.2, 0.25) is 0 Å². The van der Waals surface area contributed by atoms with Gasteiger partial charge in [-0.05, 0) is 40.8 Å². The van der Waals surface area contributed by atoms with Crippen LogP contribution in [0.5, 0.6) is 0 Å². The van der Waals surface area contributed by atoms with Gasteiger partial charge in [-0.15, -0.1) is 0 Å². The summed E-state index contributed by atoms with van der Waals surface area (Å²) in [5.74, 6) is -1.35. The Morgan fingerprint density at radius 3 is 2.69 bits per heavy atom. The summed E-state index contributed by atoms with van der Waals surface area (Å²) in [4.78, 5) is 22.6. The van der Waals surface area contributed by atoms with E-state index in [1.54, 1.807) is 6.07 Å². The van der Waals surface area contributed by atoms with Gasteiger partial charge in [0.25, 0.3) is 5.91 Å². The minimum absolute atomic E-state index is 0.0511. The van der Waals surface area contributed by atoms with Gasteiger partial charge in [-0.2, -0.15) is 0 Å². The molecule has 2 N–H and O–H groups in total. The summed E-state index contributed by atoms with van der Waals surface area (Å²) in [6.07, 6.45) is 3.05. The first kappa shape index (κ1) is 11.2. The summed E-state index contributed by atoms with van der Waals surface area (Å²) in [7, 11) is 0. The average Bonchev–Trinajstić information content (AvgIpc) is 2.96. The van der Waals surface area contributed by atoms with E-state index in [9.17, 15) is 9.59 Å². The Balaban J connectivity index is 2.06. The van der Waals surface area contributed by atoms with Crippen molar-refractivity contribution in [1.29, 1.82) is 0 Å². The number of carbonyl (C=O) groups is 2. The predicted octanol–water partition coefficient (Wildman–Crippen LogP) is 1.64. The fourth-order valence-corrected chi connectivity index (χ4v) is 1.85. The van der Waals surface area contributed by atoms with E-state index in [1.165, 1.54) is 6.26 Å². The minimum Gasteiger partial charge on any atom is -0.480 e. The Kier molecular flexibility index (Phi) is 3.00. The van der Waals surface area contributed by atoms with Gasteiger partial charge < -0.3 is 14.8 Å². The zero-order chi connectivity index (χ0) is 11.7. The summed E-state index contributed by atoms with van der Waals surface area (Å²) in [5.41, 5.74) is 0. The molecule has 0 spiro atoms. The highest BCUT2D eigenvalue weighted by atomic mass is 79.9. The predicted molar refractivity (Wildman–Crippen MR) is 58.0 cm³/mol. The molecule has 1 aromatic heterocycles. The highest BCUT2D eigenvalue weighted by Crippen LogP contribution is 2.33. The summed E-state index contributed by atoms with van der Waals surface area (Å²) in [5, 5.41) is 11.4. The molecule has 16 heavy (non-hydrogen) atoms. The molecule has 1 aliphatic carbocycles. The van der Waals surface area contributed by atoms with Crippen molar-refractivity contribution in [2.24, 2.45) is 5.92 Å². The molecule has 1 heterocycles. The third-order valence-corrected chi connectivity index (χ3v) is 3.09. The molecule has 1 unspecified atom stereocenters. The average molecular weight is 288 g/mol. The zero-order valence-corrected chi connectivity index (χ0v) is 9.86. The molecule has 2 rings (SSSR count). The Morgan fingerprint density at radius 2 is 2.25 bits per heavy atom. The van der Waals surface area contributed by atoms with Crippen LogP contribution in [-0.4, -0.2) is 23.0 Å². The van der Waals surface area contributed by atoms with Crippen LogP contribution >= 0.6 is 15.9 Å². The van der Waals surface area contributed by atoms with E-state index in [4.69, 9.17) is 9.52 Å². The van der Waals surface area contributed by atoms with Crippen LogP contribution in [0.1, 0.15) is 23.4 Å². The number of carboxylic acid groups (broad SMARTS) is 1. The maximum atomic E-state index is 11.7. The Morgan fingerprint density at radius 1 is 1.56 bits per heavy atom. The van der Waals surface area contributed by atoms with Crippen molar-refractivity contribution in [3.05, 3.63) is 22.6 Å². The molecule has 86 valence electrons. The lowest BCUT2D eigenvalue weighted by atomic mass is 10.2. The quantitative estimate of drug-likeness (QED) is 0.882. The lowest BCUT2D eigenvalue weighted by Gasteiger charge is -2.12. The van der Waals surface area contributed by atoms with Gasteiger partial charge in [0.15, 0.2) is 0 Å². The molecule has 1 fully saturated rings. The van der Waals surface area contributed by atoms with Crippen LogP contribution in [0, 0.1) is 5.92 Å². The lowest BCUT2D eigenvalue weighted by molar-refractivity contribution is -0.139. The van der Waals surface area contributed by atoms with Crippen molar-refractivity contribution in [2.45, 2.75) is 18.9 Å². The number of hydrogen-bond acceptors (Lipinski definition) is 3. The number of nitrogens with one attached hydrogen (secondary N) is 1. The molecular weight excluding hydrogens is 278 g/mol. The van der Waals surface area contributed by atoms with E-state index < -0.39 is 17.9 Å². The summed E-state index contributed by atoms with van der Waals surface area (Å²) < 4.78 is 5.47. The van der Waals surface area contributed by atoms with E-state index in [2.05, 4.69) is 21.2 Å². The molecule has 1 saturated carbocycles. The van der Waals surface area contributed by atoms with Gasteiger partial charge in [0, 0.05) is 0 Å². The molecule has 1 aliphatic rings. The van der Waals surface area contributed by atoms with E-state index in [0.717, 1.165) is 12.8 Å². The first-order valence-electron chi connectivity index (χ1n) is 4.86. The molecule has 1 amide bonds. The van der Waals surface area contributed by atoms with Crippen LogP contribution in [-0.2, 0) is 4.79 Å². The standard InChI is InChI=1S/C10H10BrNO4/c11-6-3-4-16-8(6)9(13)12-7(10(14)15)5-1-2-5/h3-5,7H,1-2H2,(H,12,13)(H,14,15). The fraction of sp³-hybridized carbons (Fsp3) is 0.400. The number of aliphatic carboxylic acids is 1. The summed E-state index contributed by atoms with van der Waals surface area (Å²) in [6.45, 7) is 0. The maximum Gasteiger partial charge on any atom is 0.326 e. The van der Waals surface area contributed by atoms with Crippen LogP contribution in [0.4, 0.5) is 0 Å². The number of amides is 1. The first-order chi connectivity index (χ1) is 7.59. The topological polar surface area (TPSA) is 79.5 Å². The Labute approximate surface area is 99.9 Å². The van der Waals surface area contributed by atoms with Gasteiger partial charge in [0.1, 0.15) is 6.04 Å². The van der Waals surface area contributed by atoms with Crippen molar-refractivity contribution >= 4 is 27.8 Å². The van der Waals surface area contributed by atoms with Crippen molar-refractivity contribution in [1.82, 2.24) is 5.32 Å². The highest BCUT2D eigenvalue weighted by Gasteiger charge is 2.37. The largest absolute Gasteiger partial charge is 0.480 e. The molecule has 1 atom stereocenters. The van der Waals surface area contributed by atoms with E-state index in [-0.39, 0.29) is 11.7 Å². The minimum atomic E-state index is -1.00. The van der Waals surface area contributed by atoms with E-state index >= 15 is 0 Å². The smallest absolute Gasteiger partial charge is 0.326 e. The summed E-state index contributed by atoms with van der Waals surface area (Å²) >= 11 is 3.14. The number of hydrogen-bond donors (Lipinski definition) is 2. The van der Waals surface area contributed by atoms with Gasteiger partial charge in [0.2, 0.25) is 5.76 Å². The second-order valence-corrected chi connectivity index (χ2v) is 4.58.